The Morgan fingerprint density at radius 1 is 0.955 bits per heavy atom. The molecule has 0 aromatic carbocycles. The summed E-state index contributed by atoms with van der Waals surface area (Å²) in [5, 5.41) is 1.06. The highest BCUT2D eigenvalue weighted by molar-refractivity contribution is 7.99. The highest BCUT2D eigenvalue weighted by Gasteiger charge is 2.09. The maximum atomic E-state index is 4.64. The van der Waals surface area contributed by atoms with E-state index < -0.39 is 0 Å². The van der Waals surface area contributed by atoms with E-state index in [0.29, 0.717) is 0 Å². The number of hydrogen-bond acceptors (Lipinski definition) is 4. The topological polar surface area (TPSA) is 54.5 Å². The molecule has 2 aromatic rings. The lowest BCUT2D eigenvalue weighted by Crippen LogP contribution is -1.96. The van der Waals surface area contributed by atoms with Gasteiger partial charge >= 0.3 is 0 Å². The molecule has 0 fully saturated rings. The van der Waals surface area contributed by atoms with Crippen molar-refractivity contribution in [1.29, 1.82) is 0 Å². The molecule has 0 saturated carbocycles. The van der Waals surface area contributed by atoms with E-state index >= 15 is 0 Å². The van der Waals surface area contributed by atoms with Crippen LogP contribution in [0.4, 0.5) is 0 Å². The number of H-pyrrole nitrogens is 1. The van der Waals surface area contributed by atoms with Crippen LogP contribution in [0.1, 0.15) is 71.0 Å². The van der Waals surface area contributed by atoms with E-state index in [4.69, 9.17) is 0 Å². The molecule has 0 amide bonds. The molecule has 2 heterocycles. The zero-order valence-electron chi connectivity index (χ0n) is 13.9. The molecule has 2 rings (SSSR count). The number of hydrogen-bond donors (Lipinski definition) is 1. The first kappa shape index (κ1) is 17.3. The number of unbranched alkanes of at least 4 members (excludes halogenated alkanes) is 7. The van der Waals surface area contributed by atoms with E-state index in [9.17, 15) is 0 Å². The van der Waals surface area contributed by atoms with Crippen molar-refractivity contribution >= 4 is 22.9 Å². The van der Waals surface area contributed by atoms with Gasteiger partial charge in [-0.25, -0.2) is 15.0 Å². The molecule has 0 aliphatic rings. The van der Waals surface area contributed by atoms with Crippen molar-refractivity contribution in [1.82, 2.24) is 19.9 Å². The van der Waals surface area contributed by atoms with E-state index in [-0.39, 0.29) is 0 Å². The van der Waals surface area contributed by atoms with Gasteiger partial charge in [-0.3, -0.25) is 0 Å². The quantitative estimate of drug-likeness (QED) is 0.353. The van der Waals surface area contributed by atoms with Gasteiger partial charge in [-0.1, -0.05) is 58.8 Å². The van der Waals surface area contributed by atoms with Gasteiger partial charge in [-0.2, -0.15) is 0 Å². The molecule has 0 spiro atoms. The summed E-state index contributed by atoms with van der Waals surface area (Å²) in [5.74, 6) is 2.02. The van der Waals surface area contributed by atoms with Crippen molar-refractivity contribution in [3.8, 4) is 0 Å². The number of fused-ring (bicyclic) bond motifs is 1. The number of aromatic amines is 1. The minimum absolute atomic E-state index is 0.797. The predicted molar refractivity (Wildman–Crippen MR) is 94.4 cm³/mol. The molecule has 122 valence electrons. The molecule has 0 aliphatic carbocycles. The van der Waals surface area contributed by atoms with Crippen LogP contribution in [0.3, 0.4) is 0 Å². The predicted octanol–water partition coefficient (Wildman–Crippen LogP) is 5.15. The smallest absolute Gasteiger partial charge is 0.181 e. The third-order valence-corrected chi connectivity index (χ3v) is 4.91. The van der Waals surface area contributed by atoms with Gasteiger partial charge in [0.2, 0.25) is 0 Å². The molecule has 22 heavy (non-hydrogen) atoms. The fourth-order valence-corrected chi connectivity index (χ4v) is 3.52. The molecule has 5 heteroatoms. The molecule has 0 aliphatic heterocycles. The third-order valence-electron chi connectivity index (χ3n) is 3.85. The van der Waals surface area contributed by atoms with Gasteiger partial charge in [0, 0.05) is 6.42 Å². The Morgan fingerprint density at radius 3 is 2.41 bits per heavy atom. The second-order valence-electron chi connectivity index (χ2n) is 5.72. The lowest BCUT2D eigenvalue weighted by molar-refractivity contribution is 0.586. The largest absolute Gasteiger partial charge is 0.341 e. The summed E-state index contributed by atoms with van der Waals surface area (Å²) >= 11 is 1.83. The van der Waals surface area contributed by atoms with Crippen molar-refractivity contribution in [2.75, 3.05) is 5.75 Å². The fraction of sp³-hybridized carbons (Fsp3) is 0.706. The summed E-state index contributed by atoms with van der Waals surface area (Å²) in [5.41, 5.74) is 1.78. The van der Waals surface area contributed by atoms with Gasteiger partial charge in [-0.05, 0) is 12.2 Å². The van der Waals surface area contributed by atoms with E-state index in [1.807, 2.05) is 11.8 Å². The summed E-state index contributed by atoms with van der Waals surface area (Å²) in [7, 11) is 0. The summed E-state index contributed by atoms with van der Waals surface area (Å²) < 4.78 is 0. The Balaban J connectivity index is 1.70. The standard InChI is InChI=1S/C17H28N4S/c1-3-5-6-7-8-9-10-11-12-22-17-15-16(19-13-18-15)20-14(4-2)21-17/h13H,3-12H2,1-2H3,(H,18,19,20,21). The van der Waals surface area contributed by atoms with Gasteiger partial charge in [-0.15, -0.1) is 11.8 Å². The molecule has 1 N–H and O–H groups in total. The Bertz CT molecular complexity index is 553. The second kappa shape index (κ2) is 9.82. The van der Waals surface area contributed by atoms with Crippen molar-refractivity contribution in [2.24, 2.45) is 0 Å². The molecule has 0 radical (unpaired) electrons. The van der Waals surface area contributed by atoms with Crippen LogP contribution < -0.4 is 0 Å². The first-order valence-corrected chi connectivity index (χ1v) is 9.66. The lowest BCUT2D eigenvalue weighted by Gasteiger charge is -2.04. The van der Waals surface area contributed by atoms with Crippen molar-refractivity contribution in [2.45, 2.75) is 76.7 Å². The zero-order chi connectivity index (χ0) is 15.6. The Morgan fingerprint density at radius 2 is 1.68 bits per heavy atom. The third kappa shape index (κ3) is 5.27. The molecular weight excluding hydrogens is 292 g/mol. The van der Waals surface area contributed by atoms with Crippen LogP contribution in [0.5, 0.6) is 0 Å². The van der Waals surface area contributed by atoms with Crippen LogP contribution in [0, 0.1) is 0 Å². The molecule has 0 atom stereocenters. The SMILES string of the molecule is CCCCCCCCCCSc1nc(CC)nc2nc[nH]c12. The lowest BCUT2D eigenvalue weighted by atomic mass is 10.1. The Labute approximate surface area is 137 Å². The van der Waals surface area contributed by atoms with Crippen molar-refractivity contribution in [3.05, 3.63) is 12.2 Å². The van der Waals surface area contributed by atoms with Gasteiger partial charge in [0.25, 0.3) is 0 Å². The molecule has 0 unspecified atom stereocenters. The zero-order valence-corrected chi connectivity index (χ0v) is 14.7. The number of aryl methyl sites for hydroxylation is 1. The molecule has 2 aromatic heterocycles. The first-order valence-electron chi connectivity index (χ1n) is 8.68. The number of imidazole rings is 1. The van der Waals surface area contributed by atoms with Gasteiger partial charge in [0.1, 0.15) is 16.4 Å². The van der Waals surface area contributed by atoms with E-state index in [1.165, 1.54) is 51.4 Å². The number of rotatable bonds is 11. The monoisotopic (exact) mass is 320 g/mol. The maximum absolute atomic E-state index is 4.64. The molecule has 0 saturated heterocycles. The van der Waals surface area contributed by atoms with Crippen LogP contribution in [0.2, 0.25) is 0 Å². The number of nitrogens with one attached hydrogen (secondary N) is 1. The normalized spacial score (nSPS) is 11.4. The first-order chi connectivity index (χ1) is 10.8. The highest BCUT2D eigenvalue weighted by Crippen LogP contribution is 2.24. The highest BCUT2D eigenvalue weighted by atomic mass is 32.2. The Kier molecular flexibility index (Phi) is 7.71. The number of nitrogens with zero attached hydrogens (tertiary/aromatic N) is 3. The summed E-state index contributed by atoms with van der Waals surface area (Å²) in [6.45, 7) is 4.35. The van der Waals surface area contributed by atoms with E-state index in [1.54, 1.807) is 6.33 Å². The average Bonchev–Trinajstić information content (AvgIpc) is 3.01. The number of aromatic nitrogens is 4. The average molecular weight is 321 g/mol. The van der Waals surface area contributed by atoms with Crippen molar-refractivity contribution < 1.29 is 0 Å². The molecular formula is C17H28N4S. The van der Waals surface area contributed by atoms with Crippen LogP contribution >= 0.6 is 11.8 Å². The number of thioether (sulfide) groups is 1. The summed E-state index contributed by atoms with van der Waals surface area (Å²) in [6.07, 6.45) is 13.5. The van der Waals surface area contributed by atoms with Crippen LogP contribution in [0.25, 0.3) is 11.2 Å². The summed E-state index contributed by atoms with van der Waals surface area (Å²) in [6, 6.07) is 0. The van der Waals surface area contributed by atoms with Crippen LogP contribution in [-0.2, 0) is 6.42 Å². The Hall–Kier alpha value is -1.10. The van der Waals surface area contributed by atoms with E-state index in [2.05, 4.69) is 33.8 Å². The minimum Gasteiger partial charge on any atom is -0.341 e. The maximum Gasteiger partial charge on any atom is 0.181 e. The van der Waals surface area contributed by atoms with Crippen LogP contribution in [0.15, 0.2) is 11.4 Å². The summed E-state index contributed by atoms with van der Waals surface area (Å²) in [4.78, 5) is 16.5. The molecule has 4 nitrogen and oxygen atoms in total. The second-order valence-corrected chi connectivity index (χ2v) is 6.81. The van der Waals surface area contributed by atoms with Gasteiger partial charge in [0.05, 0.1) is 6.33 Å². The van der Waals surface area contributed by atoms with Gasteiger partial charge < -0.3 is 4.98 Å². The molecule has 0 bridgehead atoms. The van der Waals surface area contributed by atoms with Crippen LogP contribution in [-0.4, -0.2) is 25.7 Å². The minimum atomic E-state index is 0.797. The van der Waals surface area contributed by atoms with Crippen molar-refractivity contribution in [3.63, 3.8) is 0 Å². The van der Waals surface area contributed by atoms with Gasteiger partial charge in [0.15, 0.2) is 5.65 Å². The fourth-order valence-electron chi connectivity index (χ4n) is 2.52. The van der Waals surface area contributed by atoms with E-state index in [0.717, 1.165) is 34.2 Å².